The van der Waals surface area contributed by atoms with E-state index in [1.807, 2.05) is 13.8 Å². The Kier molecular flexibility index (Phi) is 9.63. The number of hydrogen-bond acceptors (Lipinski definition) is 4. The van der Waals surface area contributed by atoms with E-state index in [2.05, 4.69) is 22.5 Å². The number of nitrogens with one attached hydrogen (secondary N) is 2. The minimum atomic E-state index is 0. The summed E-state index contributed by atoms with van der Waals surface area (Å²) < 4.78 is 5.60. The Morgan fingerprint density at radius 3 is 2.67 bits per heavy atom. The molecule has 1 rings (SSSR count). The van der Waals surface area contributed by atoms with E-state index >= 15 is 0 Å². The number of piperidine rings is 1. The molecule has 1 unspecified atom stereocenters. The average molecular weight is 303 g/mol. The molecular weight excluding hydrogens is 266 g/mol. The monoisotopic (exact) mass is 303 g/mol. The molecule has 0 bridgehead atoms. The summed E-state index contributed by atoms with van der Waals surface area (Å²) in [5, 5.41) is 6.42. The molecule has 1 saturated heterocycles. The Morgan fingerprint density at radius 1 is 1.33 bits per heavy atom. The third-order valence-corrected chi connectivity index (χ3v) is 4.24. The number of amides is 1. The highest BCUT2D eigenvalue weighted by molar-refractivity contribution is 5.78. The molecule has 0 aromatic rings. The molecule has 5 nitrogen and oxygen atoms in total. The van der Waals surface area contributed by atoms with Gasteiger partial charge in [0.25, 0.3) is 0 Å². The maximum absolute atomic E-state index is 11.6. The molecule has 0 spiro atoms. The highest BCUT2D eigenvalue weighted by Crippen LogP contribution is 2.09. The Morgan fingerprint density at radius 2 is 2.05 bits per heavy atom. The normalized spacial score (nSPS) is 18.6. The third kappa shape index (κ3) is 7.79. The van der Waals surface area contributed by atoms with Crippen LogP contribution in [0.25, 0.3) is 0 Å². The largest absolute Gasteiger partial charge is 0.378 e. The van der Waals surface area contributed by atoms with Crippen LogP contribution in [0.2, 0.25) is 0 Å². The van der Waals surface area contributed by atoms with Crippen molar-refractivity contribution in [1.29, 1.82) is 0 Å². The Hall–Kier alpha value is -0.650. The van der Waals surface area contributed by atoms with Gasteiger partial charge in [0.15, 0.2) is 0 Å². The molecule has 1 heterocycles. The summed E-state index contributed by atoms with van der Waals surface area (Å²) in [4.78, 5) is 14.0. The Labute approximate surface area is 132 Å². The number of rotatable bonds is 10. The van der Waals surface area contributed by atoms with Crippen LogP contribution in [0, 0.1) is 5.92 Å². The molecule has 1 aliphatic rings. The summed E-state index contributed by atoms with van der Waals surface area (Å²) in [5.41, 5.74) is 0. The molecule has 0 aromatic carbocycles. The smallest absolute Gasteiger partial charge is 0.222 e. The van der Waals surface area contributed by atoms with Crippen molar-refractivity contribution < 1.29 is 12.4 Å². The summed E-state index contributed by atoms with van der Waals surface area (Å²) in [7, 11) is 0. The molecule has 0 radical (unpaired) electrons. The van der Waals surface area contributed by atoms with E-state index in [-0.39, 0.29) is 14.7 Å². The summed E-state index contributed by atoms with van der Waals surface area (Å²) >= 11 is 0. The van der Waals surface area contributed by atoms with Gasteiger partial charge in [0.2, 0.25) is 5.91 Å². The molecule has 128 valence electrons. The Balaban J connectivity index is 0. The molecule has 21 heavy (non-hydrogen) atoms. The van der Waals surface area contributed by atoms with E-state index in [1.54, 1.807) is 0 Å². The molecule has 1 fully saturated rings. The van der Waals surface area contributed by atoms with Gasteiger partial charge in [0, 0.05) is 27.9 Å². The predicted molar refractivity (Wildman–Crippen MR) is 90.7 cm³/mol. The molecule has 1 atom stereocenters. The van der Waals surface area contributed by atoms with E-state index in [0.717, 1.165) is 39.2 Å². The molecule has 1 amide bonds. The zero-order chi connectivity index (χ0) is 15.5. The van der Waals surface area contributed by atoms with Crippen molar-refractivity contribution in [2.45, 2.75) is 46.1 Å². The van der Waals surface area contributed by atoms with Crippen LogP contribution in [0.4, 0.5) is 0 Å². The van der Waals surface area contributed by atoms with Crippen LogP contribution < -0.4 is 10.6 Å². The standard InChI is InChI=1S/C16H33N3O2.2H2/c1-4-14(3)16(20)18-8-12-21-13-11-19-9-6-15(7-10-19)17-5-2;;/h14-15,17H,4-13H2,1-3H3,(H,18,20);2*1H. The number of ether oxygens (including phenoxy) is 1. The van der Waals surface area contributed by atoms with E-state index in [9.17, 15) is 4.79 Å². The fourth-order valence-corrected chi connectivity index (χ4v) is 2.55. The van der Waals surface area contributed by atoms with Crippen LogP contribution in [0.3, 0.4) is 0 Å². The lowest BCUT2D eigenvalue weighted by molar-refractivity contribution is -0.124. The predicted octanol–water partition coefficient (Wildman–Crippen LogP) is 1.73. The molecule has 0 aromatic heterocycles. The fraction of sp³-hybridized carbons (Fsp3) is 0.938. The van der Waals surface area contributed by atoms with E-state index in [0.29, 0.717) is 19.2 Å². The van der Waals surface area contributed by atoms with Gasteiger partial charge >= 0.3 is 0 Å². The second-order valence-electron chi connectivity index (χ2n) is 5.89. The topological polar surface area (TPSA) is 53.6 Å². The number of hydrogen-bond donors (Lipinski definition) is 2. The molecule has 0 saturated carbocycles. The SMILES string of the molecule is CCNC1CCN(CCOCCNC(=O)C(C)CC)CC1.[HH].[HH]. The van der Waals surface area contributed by atoms with Gasteiger partial charge < -0.3 is 20.3 Å². The number of carbonyl (C=O) groups excluding carboxylic acids is 1. The number of likely N-dealkylation sites (tertiary alicyclic amines) is 1. The van der Waals surface area contributed by atoms with Crippen LogP contribution >= 0.6 is 0 Å². The van der Waals surface area contributed by atoms with Gasteiger partial charge in [-0.2, -0.15) is 0 Å². The second-order valence-corrected chi connectivity index (χ2v) is 5.89. The lowest BCUT2D eigenvalue weighted by Gasteiger charge is -2.32. The molecule has 5 heteroatoms. The average Bonchev–Trinajstić information content (AvgIpc) is 2.51. The van der Waals surface area contributed by atoms with Crippen molar-refractivity contribution in [1.82, 2.24) is 15.5 Å². The van der Waals surface area contributed by atoms with Gasteiger partial charge in [-0.15, -0.1) is 0 Å². The lowest BCUT2D eigenvalue weighted by atomic mass is 10.1. The summed E-state index contributed by atoms with van der Waals surface area (Å²) in [5.74, 6) is 0.231. The van der Waals surface area contributed by atoms with Crippen molar-refractivity contribution in [2.24, 2.45) is 5.92 Å². The first-order chi connectivity index (χ1) is 10.2. The summed E-state index contributed by atoms with van der Waals surface area (Å²) in [6.07, 6.45) is 3.35. The maximum atomic E-state index is 11.6. The highest BCUT2D eigenvalue weighted by atomic mass is 16.5. The minimum Gasteiger partial charge on any atom is -0.378 e. The quantitative estimate of drug-likeness (QED) is 0.604. The van der Waals surface area contributed by atoms with Crippen molar-refractivity contribution >= 4 is 5.91 Å². The second kappa shape index (κ2) is 11.0. The summed E-state index contributed by atoms with van der Waals surface area (Å²) in [6.45, 7) is 12.5. The highest BCUT2D eigenvalue weighted by Gasteiger charge is 2.17. The van der Waals surface area contributed by atoms with Crippen LogP contribution in [0.15, 0.2) is 0 Å². The van der Waals surface area contributed by atoms with E-state index < -0.39 is 0 Å². The molecular formula is C16H37N3O2. The van der Waals surface area contributed by atoms with Gasteiger partial charge in [-0.05, 0) is 38.9 Å². The van der Waals surface area contributed by atoms with Crippen molar-refractivity contribution in [3.63, 3.8) is 0 Å². The van der Waals surface area contributed by atoms with Crippen molar-refractivity contribution in [3.8, 4) is 0 Å². The maximum Gasteiger partial charge on any atom is 0.222 e. The zero-order valence-corrected chi connectivity index (χ0v) is 14.0. The molecule has 1 aliphatic heterocycles. The van der Waals surface area contributed by atoms with Gasteiger partial charge in [-0.25, -0.2) is 0 Å². The Bertz CT molecular complexity index is 288. The first kappa shape index (κ1) is 18.4. The van der Waals surface area contributed by atoms with Gasteiger partial charge in [0.1, 0.15) is 0 Å². The van der Waals surface area contributed by atoms with Crippen molar-refractivity contribution in [2.75, 3.05) is 45.9 Å². The molecule has 0 aliphatic carbocycles. The van der Waals surface area contributed by atoms with Crippen LogP contribution in [0.5, 0.6) is 0 Å². The minimum absolute atomic E-state index is 0. The summed E-state index contributed by atoms with van der Waals surface area (Å²) in [6, 6.07) is 0.697. The first-order valence-corrected chi connectivity index (χ1v) is 8.48. The third-order valence-electron chi connectivity index (χ3n) is 4.24. The molecule has 2 N–H and O–H groups in total. The van der Waals surface area contributed by atoms with Crippen LogP contribution in [-0.4, -0.2) is 62.8 Å². The fourth-order valence-electron chi connectivity index (χ4n) is 2.55. The number of carbonyl (C=O) groups is 1. The van der Waals surface area contributed by atoms with E-state index in [1.165, 1.54) is 12.8 Å². The zero-order valence-electron chi connectivity index (χ0n) is 14.0. The van der Waals surface area contributed by atoms with Gasteiger partial charge in [0.05, 0.1) is 13.2 Å². The van der Waals surface area contributed by atoms with Gasteiger partial charge in [-0.3, -0.25) is 4.79 Å². The van der Waals surface area contributed by atoms with E-state index in [4.69, 9.17) is 4.74 Å². The lowest BCUT2D eigenvalue weighted by Crippen LogP contribution is -2.43. The van der Waals surface area contributed by atoms with Gasteiger partial charge in [-0.1, -0.05) is 20.8 Å². The number of nitrogens with zero attached hydrogens (tertiary/aromatic N) is 1. The van der Waals surface area contributed by atoms with Crippen LogP contribution in [0.1, 0.15) is 42.9 Å². The van der Waals surface area contributed by atoms with Crippen LogP contribution in [-0.2, 0) is 9.53 Å². The first-order valence-electron chi connectivity index (χ1n) is 8.48. The van der Waals surface area contributed by atoms with Crippen molar-refractivity contribution in [3.05, 3.63) is 0 Å².